The van der Waals surface area contributed by atoms with Gasteiger partial charge in [-0.25, -0.2) is 8.78 Å². The van der Waals surface area contributed by atoms with Gasteiger partial charge in [0.2, 0.25) is 0 Å². The first-order valence-electron chi connectivity index (χ1n) is 5.06. The molecule has 0 radical (unpaired) electrons. The average Bonchev–Trinajstić information content (AvgIpc) is 2.36. The Labute approximate surface area is 105 Å². The summed E-state index contributed by atoms with van der Waals surface area (Å²) < 4.78 is 52.2. The molecule has 0 amide bonds. The van der Waals surface area contributed by atoms with Gasteiger partial charge in [0.1, 0.15) is 5.56 Å². The fourth-order valence-electron chi connectivity index (χ4n) is 1.35. The predicted octanol–water partition coefficient (Wildman–Crippen LogP) is 2.62. The van der Waals surface area contributed by atoms with Crippen molar-refractivity contribution in [1.82, 2.24) is 4.98 Å². The lowest BCUT2D eigenvalue weighted by atomic mass is 10.2. The summed E-state index contributed by atoms with van der Waals surface area (Å²) in [5.41, 5.74) is 5.24. The molecule has 2 N–H and O–H groups in total. The van der Waals surface area contributed by atoms with Crippen LogP contribution in [-0.2, 0) is 0 Å². The van der Waals surface area contributed by atoms with Crippen molar-refractivity contribution in [2.75, 3.05) is 5.73 Å². The highest BCUT2D eigenvalue weighted by Gasteiger charge is 2.18. The maximum absolute atomic E-state index is 13.3. The van der Waals surface area contributed by atoms with Gasteiger partial charge >= 0.3 is 0 Å². The second-order valence-electron chi connectivity index (χ2n) is 3.57. The van der Waals surface area contributed by atoms with E-state index in [2.05, 4.69) is 10.9 Å². The van der Waals surface area contributed by atoms with Crippen LogP contribution in [0.2, 0.25) is 0 Å². The summed E-state index contributed by atoms with van der Waals surface area (Å²) >= 11 is 0. The van der Waals surface area contributed by atoms with Gasteiger partial charge in [0, 0.05) is 11.3 Å². The third kappa shape index (κ3) is 2.65. The number of nitrogens with zero attached hydrogens (tertiary/aromatic N) is 1. The van der Waals surface area contributed by atoms with Crippen molar-refractivity contribution in [3.63, 3.8) is 0 Å². The smallest absolute Gasteiger partial charge is 0.253 e. The predicted molar refractivity (Wildman–Crippen MR) is 60.9 cm³/mol. The van der Waals surface area contributed by atoms with Crippen LogP contribution < -0.4 is 5.73 Å². The van der Waals surface area contributed by atoms with E-state index in [0.717, 1.165) is 0 Å². The molecule has 0 aliphatic rings. The molecule has 2 nitrogen and oxygen atoms in total. The molecular formula is C13H6F4N2. The number of rotatable bonds is 0. The van der Waals surface area contributed by atoms with Crippen LogP contribution in [0.3, 0.4) is 0 Å². The fourth-order valence-corrected chi connectivity index (χ4v) is 1.35. The molecule has 6 heteroatoms. The zero-order chi connectivity index (χ0) is 14.0. The second-order valence-corrected chi connectivity index (χ2v) is 3.57. The van der Waals surface area contributed by atoms with Gasteiger partial charge in [0.05, 0.1) is 0 Å². The van der Waals surface area contributed by atoms with E-state index in [9.17, 15) is 17.6 Å². The number of benzene rings is 1. The van der Waals surface area contributed by atoms with Gasteiger partial charge in [-0.1, -0.05) is 17.9 Å². The first-order valence-corrected chi connectivity index (χ1v) is 5.06. The lowest BCUT2D eigenvalue weighted by Gasteiger charge is -1.99. The molecule has 0 spiro atoms. The quantitative estimate of drug-likeness (QED) is 0.344. The number of halogens is 4. The lowest BCUT2D eigenvalue weighted by Crippen LogP contribution is -2.03. The Bertz CT molecular complexity index is 676. The Kier molecular flexibility index (Phi) is 3.38. The molecule has 0 aliphatic carbocycles. The summed E-state index contributed by atoms with van der Waals surface area (Å²) in [5, 5.41) is 0. The van der Waals surface area contributed by atoms with Crippen molar-refractivity contribution in [3.05, 3.63) is 58.9 Å². The Morgan fingerprint density at radius 1 is 0.947 bits per heavy atom. The molecule has 0 atom stereocenters. The largest absolute Gasteiger partial charge is 0.399 e. The monoisotopic (exact) mass is 266 g/mol. The molecule has 19 heavy (non-hydrogen) atoms. The van der Waals surface area contributed by atoms with E-state index in [-0.39, 0.29) is 0 Å². The van der Waals surface area contributed by atoms with Crippen molar-refractivity contribution in [2.24, 2.45) is 0 Å². The normalized spacial score (nSPS) is 9.89. The van der Waals surface area contributed by atoms with Crippen molar-refractivity contribution in [1.29, 1.82) is 0 Å². The average molecular weight is 266 g/mol. The number of hydrogen-bond acceptors (Lipinski definition) is 2. The molecule has 1 aromatic carbocycles. The summed E-state index contributed by atoms with van der Waals surface area (Å²) in [5.74, 6) is -2.34. The molecule has 1 heterocycles. The number of hydrogen-bond donors (Lipinski definition) is 1. The highest BCUT2D eigenvalue weighted by atomic mass is 19.2. The molecule has 0 bridgehead atoms. The molecule has 0 saturated carbocycles. The molecule has 0 saturated heterocycles. The van der Waals surface area contributed by atoms with Crippen LogP contribution in [0.15, 0.2) is 24.3 Å². The molecule has 2 rings (SSSR count). The van der Waals surface area contributed by atoms with Gasteiger partial charge in [-0.05, 0) is 18.2 Å². The molecule has 96 valence electrons. The third-order valence-electron chi connectivity index (χ3n) is 2.22. The third-order valence-corrected chi connectivity index (χ3v) is 2.22. The van der Waals surface area contributed by atoms with Crippen molar-refractivity contribution < 1.29 is 17.6 Å². The van der Waals surface area contributed by atoms with E-state index in [1.54, 1.807) is 12.1 Å². The first-order chi connectivity index (χ1) is 8.99. The summed E-state index contributed by atoms with van der Waals surface area (Å²) in [6.07, 6.45) is 0. The summed E-state index contributed by atoms with van der Waals surface area (Å²) in [7, 11) is 0. The number of anilines is 1. The summed E-state index contributed by atoms with van der Waals surface area (Å²) in [4.78, 5) is 2.43. The maximum Gasteiger partial charge on any atom is 0.253 e. The van der Waals surface area contributed by atoms with Crippen LogP contribution in [0.25, 0.3) is 0 Å². The van der Waals surface area contributed by atoms with Crippen LogP contribution >= 0.6 is 0 Å². The van der Waals surface area contributed by atoms with E-state index in [0.29, 0.717) is 11.3 Å². The molecule has 2 aromatic rings. The molecule has 0 aliphatic heterocycles. The maximum atomic E-state index is 13.3. The number of nitrogen functional groups attached to an aromatic ring is 1. The highest BCUT2D eigenvalue weighted by Crippen LogP contribution is 2.15. The Morgan fingerprint density at radius 2 is 1.58 bits per heavy atom. The van der Waals surface area contributed by atoms with E-state index < -0.39 is 29.1 Å². The minimum Gasteiger partial charge on any atom is -0.399 e. The van der Waals surface area contributed by atoms with Crippen molar-refractivity contribution in [2.45, 2.75) is 0 Å². The Hall–Kier alpha value is -2.55. The molecular weight excluding hydrogens is 260 g/mol. The van der Waals surface area contributed by atoms with E-state index in [1.807, 2.05) is 5.92 Å². The molecule has 0 fully saturated rings. The Balaban J connectivity index is 2.51. The van der Waals surface area contributed by atoms with Gasteiger partial charge in [0.25, 0.3) is 11.9 Å². The minimum atomic E-state index is -1.74. The number of nitrogens with two attached hydrogens (primary N) is 1. The van der Waals surface area contributed by atoms with Crippen LogP contribution in [0.4, 0.5) is 23.2 Å². The van der Waals surface area contributed by atoms with Crippen LogP contribution in [0, 0.1) is 35.4 Å². The van der Waals surface area contributed by atoms with Crippen LogP contribution in [-0.4, -0.2) is 4.98 Å². The summed E-state index contributed by atoms with van der Waals surface area (Å²) in [6, 6.07) is 6.17. The van der Waals surface area contributed by atoms with Crippen LogP contribution in [0.5, 0.6) is 0 Å². The number of aromatic nitrogens is 1. The van der Waals surface area contributed by atoms with E-state index in [4.69, 9.17) is 5.73 Å². The SMILES string of the molecule is Nc1cccc(C#Cc2c(F)c(F)nc(F)c2F)c1. The zero-order valence-corrected chi connectivity index (χ0v) is 9.35. The minimum absolute atomic E-state index is 0.358. The molecule has 1 aromatic heterocycles. The van der Waals surface area contributed by atoms with Gasteiger partial charge < -0.3 is 5.73 Å². The van der Waals surface area contributed by atoms with Gasteiger partial charge in [-0.2, -0.15) is 13.8 Å². The standard InChI is InChI=1S/C13H6F4N2/c14-10-9(11(15)13(17)19-12(10)16)5-4-7-2-1-3-8(18)6-7/h1-3,6H,18H2. The topological polar surface area (TPSA) is 38.9 Å². The van der Waals surface area contributed by atoms with Gasteiger partial charge in [0.15, 0.2) is 11.6 Å². The van der Waals surface area contributed by atoms with E-state index >= 15 is 0 Å². The second kappa shape index (κ2) is 4.98. The highest BCUT2D eigenvalue weighted by molar-refractivity contribution is 5.49. The summed E-state index contributed by atoms with van der Waals surface area (Å²) in [6.45, 7) is 0. The molecule has 0 unspecified atom stereocenters. The number of pyridine rings is 1. The van der Waals surface area contributed by atoms with Gasteiger partial charge in [-0.15, -0.1) is 0 Å². The fraction of sp³-hybridized carbons (Fsp3) is 0. The van der Waals surface area contributed by atoms with Crippen molar-refractivity contribution >= 4 is 5.69 Å². The van der Waals surface area contributed by atoms with Crippen LogP contribution in [0.1, 0.15) is 11.1 Å². The van der Waals surface area contributed by atoms with Crippen molar-refractivity contribution in [3.8, 4) is 11.8 Å². The zero-order valence-electron chi connectivity index (χ0n) is 9.35. The lowest BCUT2D eigenvalue weighted by molar-refractivity contribution is 0.404. The Morgan fingerprint density at radius 3 is 2.16 bits per heavy atom. The van der Waals surface area contributed by atoms with E-state index in [1.165, 1.54) is 12.1 Å². The first kappa shape index (κ1) is 12.9. The van der Waals surface area contributed by atoms with Gasteiger partial charge in [-0.3, -0.25) is 0 Å².